The van der Waals surface area contributed by atoms with Crippen molar-refractivity contribution in [1.29, 1.82) is 0 Å². The molecular weight excluding hydrogens is 230 g/mol. The molecule has 3 nitrogen and oxygen atoms in total. The van der Waals surface area contributed by atoms with Gasteiger partial charge in [0.15, 0.2) is 0 Å². The van der Waals surface area contributed by atoms with E-state index in [1.54, 1.807) is 0 Å². The average molecular weight is 249 g/mol. The lowest BCUT2D eigenvalue weighted by Gasteiger charge is -2.16. The summed E-state index contributed by atoms with van der Waals surface area (Å²) in [6.07, 6.45) is 6.14. The predicted molar refractivity (Wildman–Crippen MR) is 72.0 cm³/mol. The van der Waals surface area contributed by atoms with Crippen LogP contribution in [0.25, 0.3) is 0 Å². The van der Waals surface area contributed by atoms with E-state index >= 15 is 0 Å². The third-order valence-corrected chi connectivity index (χ3v) is 3.90. The van der Waals surface area contributed by atoms with Crippen molar-refractivity contribution in [2.45, 2.75) is 32.4 Å². The fourth-order valence-corrected chi connectivity index (χ4v) is 2.74. The number of rotatable bonds is 6. The number of aryl methyl sites for hydroxylation is 1. The van der Waals surface area contributed by atoms with Gasteiger partial charge in [-0.3, -0.25) is 0 Å². The largest absolute Gasteiger partial charge is 0.337 e. The number of imidazole rings is 1. The van der Waals surface area contributed by atoms with Crippen molar-refractivity contribution >= 4 is 11.3 Å². The van der Waals surface area contributed by atoms with Gasteiger partial charge in [-0.15, -0.1) is 11.3 Å². The molecule has 2 heterocycles. The summed E-state index contributed by atoms with van der Waals surface area (Å²) in [5.74, 6) is 0. The number of nitrogens with zero attached hydrogens (tertiary/aromatic N) is 2. The fraction of sp³-hybridized carbons (Fsp3) is 0.462. The van der Waals surface area contributed by atoms with Crippen LogP contribution in [0.4, 0.5) is 0 Å². The van der Waals surface area contributed by atoms with Gasteiger partial charge in [0.25, 0.3) is 0 Å². The van der Waals surface area contributed by atoms with Gasteiger partial charge in [-0.25, -0.2) is 4.98 Å². The van der Waals surface area contributed by atoms with E-state index in [4.69, 9.17) is 0 Å². The lowest BCUT2D eigenvalue weighted by Crippen LogP contribution is -2.21. The van der Waals surface area contributed by atoms with Crippen LogP contribution in [0.2, 0.25) is 0 Å². The third-order valence-electron chi connectivity index (χ3n) is 2.91. The first kappa shape index (κ1) is 12.3. The molecule has 2 aromatic heterocycles. The van der Waals surface area contributed by atoms with E-state index in [1.165, 1.54) is 23.4 Å². The summed E-state index contributed by atoms with van der Waals surface area (Å²) >= 11 is 1.83. The highest BCUT2D eigenvalue weighted by molar-refractivity contribution is 7.10. The van der Waals surface area contributed by atoms with Crippen LogP contribution in [-0.4, -0.2) is 9.55 Å². The Hall–Kier alpha value is -1.13. The molecule has 0 saturated carbocycles. The Morgan fingerprint density at radius 2 is 2.41 bits per heavy atom. The summed E-state index contributed by atoms with van der Waals surface area (Å²) in [7, 11) is 2.03. The van der Waals surface area contributed by atoms with Crippen molar-refractivity contribution in [3.8, 4) is 0 Å². The molecule has 0 saturated heterocycles. The highest BCUT2D eigenvalue weighted by atomic mass is 32.1. The van der Waals surface area contributed by atoms with Crippen LogP contribution >= 0.6 is 11.3 Å². The molecule has 0 aromatic carbocycles. The quantitative estimate of drug-likeness (QED) is 0.852. The van der Waals surface area contributed by atoms with E-state index in [2.05, 4.69) is 39.3 Å². The Morgan fingerprint density at radius 1 is 1.53 bits per heavy atom. The SMILES string of the molecule is CCCC(NCc1cncn1C)c1cccs1. The molecule has 92 valence electrons. The number of nitrogens with one attached hydrogen (secondary N) is 1. The summed E-state index contributed by atoms with van der Waals surface area (Å²) < 4.78 is 2.06. The molecule has 2 rings (SSSR count). The standard InChI is InChI=1S/C13H19N3S/c1-3-5-12(13-6-4-7-17-13)15-9-11-8-14-10-16(11)2/h4,6-8,10,12,15H,3,5,9H2,1-2H3. The number of aromatic nitrogens is 2. The highest BCUT2D eigenvalue weighted by Gasteiger charge is 2.11. The Bertz CT molecular complexity index is 433. The topological polar surface area (TPSA) is 29.9 Å². The lowest BCUT2D eigenvalue weighted by molar-refractivity contribution is 0.491. The summed E-state index contributed by atoms with van der Waals surface area (Å²) in [4.78, 5) is 5.56. The Morgan fingerprint density at radius 3 is 3.00 bits per heavy atom. The van der Waals surface area contributed by atoms with Gasteiger partial charge < -0.3 is 9.88 Å². The van der Waals surface area contributed by atoms with Crippen LogP contribution in [0.15, 0.2) is 30.0 Å². The van der Waals surface area contributed by atoms with Gasteiger partial charge in [-0.1, -0.05) is 19.4 Å². The lowest BCUT2D eigenvalue weighted by atomic mass is 10.1. The van der Waals surface area contributed by atoms with Crippen LogP contribution in [-0.2, 0) is 13.6 Å². The summed E-state index contributed by atoms with van der Waals surface area (Å²) in [6, 6.07) is 4.80. The first-order valence-electron chi connectivity index (χ1n) is 6.03. The van der Waals surface area contributed by atoms with E-state index in [0.717, 1.165) is 6.54 Å². The van der Waals surface area contributed by atoms with E-state index < -0.39 is 0 Å². The van der Waals surface area contributed by atoms with Crippen LogP contribution in [0.1, 0.15) is 36.4 Å². The van der Waals surface area contributed by atoms with Crippen molar-refractivity contribution in [1.82, 2.24) is 14.9 Å². The van der Waals surface area contributed by atoms with Crippen molar-refractivity contribution < 1.29 is 0 Å². The molecule has 0 spiro atoms. The minimum absolute atomic E-state index is 0.467. The van der Waals surface area contributed by atoms with E-state index in [-0.39, 0.29) is 0 Å². The van der Waals surface area contributed by atoms with Gasteiger partial charge in [0, 0.05) is 30.7 Å². The maximum absolute atomic E-state index is 4.13. The average Bonchev–Trinajstić information content (AvgIpc) is 2.96. The molecule has 17 heavy (non-hydrogen) atoms. The molecule has 0 radical (unpaired) electrons. The number of hydrogen-bond acceptors (Lipinski definition) is 3. The fourth-order valence-electron chi connectivity index (χ4n) is 1.91. The van der Waals surface area contributed by atoms with Gasteiger partial charge in [0.05, 0.1) is 12.0 Å². The zero-order valence-corrected chi connectivity index (χ0v) is 11.2. The third kappa shape index (κ3) is 3.17. The minimum atomic E-state index is 0.467. The van der Waals surface area contributed by atoms with Crippen LogP contribution in [0, 0.1) is 0 Å². The van der Waals surface area contributed by atoms with Crippen LogP contribution < -0.4 is 5.32 Å². The Kier molecular flexibility index (Phi) is 4.34. The van der Waals surface area contributed by atoms with Gasteiger partial charge in [0.1, 0.15) is 0 Å². The van der Waals surface area contributed by atoms with E-state index in [0.29, 0.717) is 6.04 Å². The molecule has 0 aliphatic heterocycles. The van der Waals surface area contributed by atoms with Gasteiger partial charge in [-0.05, 0) is 17.9 Å². The molecule has 0 bridgehead atoms. The second-order valence-electron chi connectivity index (χ2n) is 4.23. The first-order valence-corrected chi connectivity index (χ1v) is 6.91. The molecule has 4 heteroatoms. The minimum Gasteiger partial charge on any atom is -0.337 e. The maximum Gasteiger partial charge on any atom is 0.0945 e. The summed E-state index contributed by atoms with van der Waals surface area (Å²) in [5, 5.41) is 5.76. The second kappa shape index (κ2) is 5.98. The second-order valence-corrected chi connectivity index (χ2v) is 5.21. The van der Waals surface area contributed by atoms with Gasteiger partial charge in [0.2, 0.25) is 0 Å². The molecule has 0 aliphatic rings. The van der Waals surface area contributed by atoms with Crippen molar-refractivity contribution in [3.05, 3.63) is 40.6 Å². The van der Waals surface area contributed by atoms with Crippen LogP contribution in [0.3, 0.4) is 0 Å². The van der Waals surface area contributed by atoms with Gasteiger partial charge in [-0.2, -0.15) is 0 Å². The molecule has 0 fully saturated rings. The zero-order valence-electron chi connectivity index (χ0n) is 10.4. The number of hydrogen-bond donors (Lipinski definition) is 1. The summed E-state index contributed by atoms with van der Waals surface area (Å²) in [5.41, 5.74) is 1.22. The van der Waals surface area contributed by atoms with Crippen molar-refractivity contribution in [3.63, 3.8) is 0 Å². The molecule has 0 amide bonds. The molecule has 0 aliphatic carbocycles. The van der Waals surface area contributed by atoms with E-state index in [1.807, 2.05) is 30.9 Å². The van der Waals surface area contributed by atoms with Gasteiger partial charge >= 0.3 is 0 Å². The Labute approximate surface area is 107 Å². The zero-order chi connectivity index (χ0) is 12.1. The molecular formula is C13H19N3S. The van der Waals surface area contributed by atoms with Crippen LogP contribution in [0.5, 0.6) is 0 Å². The highest BCUT2D eigenvalue weighted by Crippen LogP contribution is 2.23. The monoisotopic (exact) mass is 249 g/mol. The predicted octanol–water partition coefficient (Wildman–Crippen LogP) is 3.11. The normalized spacial score (nSPS) is 12.8. The molecule has 1 atom stereocenters. The number of thiophene rings is 1. The van der Waals surface area contributed by atoms with Crippen molar-refractivity contribution in [2.24, 2.45) is 7.05 Å². The molecule has 1 N–H and O–H groups in total. The molecule has 1 unspecified atom stereocenters. The molecule has 2 aromatic rings. The van der Waals surface area contributed by atoms with Crippen molar-refractivity contribution in [2.75, 3.05) is 0 Å². The smallest absolute Gasteiger partial charge is 0.0945 e. The summed E-state index contributed by atoms with van der Waals surface area (Å²) in [6.45, 7) is 3.10. The maximum atomic E-state index is 4.13. The Balaban J connectivity index is 1.97. The van der Waals surface area contributed by atoms with E-state index in [9.17, 15) is 0 Å². The first-order chi connectivity index (χ1) is 8.31.